The fraction of sp³-hybridized carbons (Fsp3) is 0.679. The molecule has 0 aliphatic carbocycles. The van der Waals surface area contributed by atoms with Crippen molar-refractivity contribution in [3.63, 3.8) is 0 Å². The Morgan fingerprint density at radius 1 is 0.448 bits per heavy atom. The Balaban J connectivity index is 1.73. The number of benzene rings is 2. The van der Waals surface area contributed by atoms with Gasteiger partial charge in [0.1, 0.15) is 31.3 Å². The molecule has 0 radical (unpaired) electrons. The first kappa shape index (κ1) is 58.1. The van der Waals surface area contributed by atoms with Crippen LogP contribution in [0.25, 0.3) is 0 Å². The van der Waals surface area contributed by atoms with Gasteiger partial charge in [-0.2, -0.15) is 0 Å². The summed E-state index contributed by atoms with van der Waals surface area (Å²) in [6, 6.07) is 11.1. The highest BCUT2D eigenvalue weighted by Crippen LogP contribution is 2.20. The first-order valence-corrected chi connectivity index (χ1v) is 25.5. The molecule has 0 saturated carbocycles. The van der Waals surface area contributed by atoms with Crippen molar-refractivity contribution in [3.8, 4) is 11.5 Å². The second-order valence-electron chi connectivity index (χ2n) is 17.5. The van der Waals surface area contributed by atoms with Crippen molar-refractivity contribution in [1.82, 2.24) is 0 Å². The minimum absolute atomic E-state index is 0.0786. The lowest BCUT2D eigenvalue weighted by atomic mass is 10.0. The molecule has 0 N–H and O–H groups in total. The van der Waals surface area contributed by atoms with Gasteiger partial charge in [0.05, 0.1) is 17.8 Å². The molecule has 14 nitrogen and oxygen atoms in total. The quantitative estimate of drug-likeness (QED) is 0.0117. The molecule has 0 aromatic heterocycles. The first-order chi connectivity index (χ1) is 32.6. The highest BCUT2D eigenvalue weighted by atomic mass is 16.7. The number of carbonyl (C=O) groups excluding carboxylic acids is 5. The van der Waals surface area contributed by atoms with Crippen LogP contribution in [0.15, 0.2) is 48.5 Å². The molecule has 0 spiro atoms. The third kappa shape index (κ3) is 32.4. The van der Waals surface area contributed by atoms with E-state index in [1.807, 2.05) is 0 Å². The molecule has 0 saturated heterocycles. The number of rotatable bonds is 41. The highest BCUT2D eigenvalue weighted by Gasteiger charge is 2.21. The van der Waals surface area contributed by atoms with Gasteiger partial charge < -0.3 is 28.4 Å². The molecule has 0 bridgehead atoms. The molecule has 14 heteroatoms. The van der Waals surface area contributed by atoms with E-state index in [2.05, 4.69) is 13.8 Å². The molecule has 2 aromatic rings. The van der Waals surface area contributed by atoms with E-state index >= 15 is 0 Å². The Morgan fingerprint density at radius 3 is 1.24 bits per heavy atom. The summed E-state index contributed by atoms with van der Waals surface area (Å²) < 4.78 is 31.9. The number of nitro groups is 1. The SMILES string of the molecule is CCCCCCCCCCCCCCCC(=O)OCC(COC(=O)CCCCCCCCCCCCCCC)OC(=O)CCC(=O)Oc1ccc(COC(=O)Oc2ccc([N+](=O)[O-])cc2)cc1. The van der Waals surface area contributed by atoms with Crippen LogP contribution < -0.4 is 9.47 Å². The van der Waals surface area contributed by atoms with E-state index in [0.29, 0.717) is 18.4 Å². The largest absolute Gasteiger partial charge is 0.514 e. The van der Waals surface area contributed by atoms with Gasteiger partial charge in [0.15, 0.2) is 6.10 Å². The fourth-order valence-corrected chi connectivity index (χ4v) is 7.40. The van der Waals surface area contributed by atoms with Crippen molar-refractivity contribution in [2.24, 2.45) is 0 Å². The summed E-state index contributed by atoms with van der Waals surface area (Å²) in [6.07, 6.45) is 28.9. The smallest absolute Gasteiger partial charge is 0.462 e. The van der Waals surface area contributed by atoms with E-state index < -0.39 is 41.1 Å². The van der Waals surface area contributed by atoms with Crippen LogP contribution >= 0.6 is 0 Å². The van der Waals surface area contributed by atoms with E-state index in [4.69, 9.17) is 28.4 Å². The van der Waals surface area contributed by atoms with Gasteiger partial charge in [-0.3, -0.25) is 29.3 Å². The van der Waals surface area contributed by atoms with Crippen molar-refractivity contribution in [2.45, 2.75) is 219 Å². The molecule has 0 amide bonds. The van der Waals surface area contributed by atoms with Gasteiger partial charge in [-0.1, -0.05) is 180 Å². The van der Waals surface area contributed by atoms with Crippen LogP contribution in [0.5, 0.6) is 11.5 Å². The molecule has 2 rings (SSSR count). The summed E-state index contributed by atoms with van der Waals surface area (Å²) in [6.45, 7) is 3.77. The Kier molecular flexibility index (Phi) is 33.9. The van der Waals surface area contributed by atoms with E-state index in [0.717, 1.165) is 38.5 Å². The number of hydrogen-bond donors (Lipinski definition) is 0. The minimum atomic E-state index is -1.03. The average molecular weight is 940 g/mol. The number of carbonyl (C=O) groups is 5. The van der Waals surface area contributed by atoms with E-state index in [1.165, 1.54) is 152 Å². The Labute approximate surface area is 400 Å². The molecule has 0 unspecified atom stereocenters. The number of esters is 4. The molecule has 0 aliphatic rings. The van der Waals surface area contributed by atoms with Crippen molar-refractivity contribution in [1.29, 1.82) is 0 Å². The maximum atomic E-state index is 12.9. The molecule has 0 atom stereocenters. The number of hydrogen-bond acceptors (Lipinski definition) is 13. The van der Waals surface area contributed by atoms with Crippen LogP contribution in [0.1, 0.15) is 212 Å². The molecule has 67 heavy (non-hydrogen) atoms. The van der Waals surface area contributed by atoms with Gasteiger partial charge in [0.25, 0.3) is 5.69 Å². The predicted molar refractivity (Wildman–Crippen MR) is 258 cm³/mol. The summed E-state index contributed by atoms with van der Waals surface area (Å²) in [5.41, 5.74) is 0.412. The van der Waals surface area contributed by atoms with Crippen molar-refractivity contribution >= 4 is 35.7 Å². The molecule has 0 aliphatic heterocycles. The maximum Gasteiger partial charge on any atom is 0.514 e. The number of nitrogens with zero attached hydrogens (tertiary/aromatic N) is 1. The monoisotopic (exact) mass is 940 g/mol. The van der Waals surface area contributed by atoms with Crippen molar-refractivity contribution < 1.29 is 57.3 Å². The van der Waals surface area contributed by atoms with E-state index in [9.17, 15) is 34.1 Å². The van der Waals surface area contributed by atoms with Crippen LogP contribution in [0, 0.1) is 10.1 Å². The van der Waals surface area contributed by atoms with Crippen LogP contribution in [-0.2, 0) is 44.7 Å². The van der Waals surface area contributed by atoms with Gasteiger partial charge in [-0.05, 0) is 42.7 Å². The molecule has 2 aromatic carbocycles. The van der Waals surface area contributed by atoms with Gasteiger partial charge in [0.2, 0.25) is 0 Å². The Hall–Kier alpha value is -5.01. The zero-order chi connectivity index (χ0) is 48.6. The van der Waals surface area contributed by atoms with Crippen LogP contribution in [0.4, 0.5) is 10.5 Å². The summed E-state index contributed by atoms with van der Waals surface area (Å²) in [5.74, 6) is -1.99. The Bertz CT molecular complexity index is 1600. The van der Waals surface area contributed by atoms with Crippen molar-refractivity contribution in [3.05, 3.63) is 64.2 Å². The van der Waals surface area contributed by atoms with Gasteiger partial charge in [-0.25, -0.2) is 4.79 Å². The normalized spacial score (nSPS) is 11.0. The first-order valence-electron chi connectivity index (χ1n) is 25.5. The van der Waals surface area contributed by atoms with E-state index in [-0.39, 0.29) is 62.7 Å². The summed E-state index contributed by atoms with van der Waals surface area (Å²) >= 11 is 0. The Morgan fingerprint density at radius 2 is 0.821 bits per heavy atom. The van der Waals surface area contributed by atoms with Gasteiger partial charge >= 0.3 is 30.0 Å². The average Bonchev–Trinajstić information content (AvgIpc) is 3.32. The lowest BCUT2D eigenvalue weighted by Gasteiger charge is -2.18. The predicted octanol–water partition coefficient (Wildman–Crippen LogP) is 14.0. The third-order valence-electron chi connectivity index (χ3n) is 11.4. The summed E-state index contributed by atoms with van der Waals surface area (Å²) in [5, 5.41) is 10.8. The fourth-order valence-electron chi connectivity index (χ4n) is 7.40. The molecule has 0 heterocycles. The van der Waals surface area contributed by atoms with Gasteiger partial charge in [0, 0.05) is 25.0 Å². The van der Waals surface area contributed by atoms with Crippen LogP contribution in [0.2, 0.25) is 0 Å². The maximum absolute atomic E-state index is 12.9. The second-order valence-corrected chi connectivity index (χ2v) is 17.5. The van der Waals surface area contributed by atoms with E-state index in [1.54, 1.807) is 12.1 Å². The lowest BCUT2D eigenvalue weighted by Crippen LogP contribution is -2.31. The van der Waals surface area contributed by atoms with Crippen LogP contribution in [-0.4, -0.2) is 54.3 Å². The highest BCUT2D eigenvalue weighted by molar-refractivity contribution is 5.79. The number of unbranched alkanes of at least 4 members (excludes halogenated alkanes) is 24. The third-order valence-corrected chi connectivity index (χ3v) is 11.4. The topological polar surface area (TPSA) is 184 Å². The summed E-state index contributed by atoms with van der Waals surface area (Å²) in [4.78, 5) is 73.0. The van der Waals surface area contributed by atoms with Crippen molar-refractivity contribution in [2.75, 3.05) is 13.2 Å². The molecular formula is C53H81NO13. The zero-order valence-electron chi connectivity index (χ0n) is 40.8. The minimum Gasteiger partial charge on any atom is -0.462 e. The lowest BCUT2D eigenvalue weighted by molar-refractivity contribution is -0.384. The standard InChI is InChI=1S/C53H81NO13/c1-3-5-7-9-11-13-15-17-19-21-23-25-27-29-49(55)62-42-48(43-63-50(56)30-28-26-24-22-20-18-16-14-12-10-8-6-4-2)66-52(58)40-39-51(57)65-46-35-31-44(32-36-46)41-64-53(59)67-47-37-33-45(34-38-47)54(60)61/h31-38,48H,3-30,39-43H2,1-2H3. The zero-order valence-corrected chi connectivity index (χ0v) is 40.8. The molecule has 376 valence electrons. The number of nitro benzene ring substituents is 1. The molecule has 0 fully saturated rings. The second kappa shape index (κ2) is 39.0. The number of non-ortho nitro benzene ring substituents is 1. The van der Waals surface area contributed by atoms with Gasteiger partial charge in [-0.15, -0.1) is 0 Å². The summed E-state index contributed by atoms with van der Waals surface area (Å²) in [7, 11) is 0. The molecular weight excluding hydrogens is 859 g/mol. The van der Waals surface area contributed by atoms with Crippen LogP contribution in [0.3, 0.4) is 0 Å². The number of ether oxygens (including phenoxy) is 6.